The molecule has 0 unspecified atom stereocenters. The van der Waals surface area contributed by atoms with Gasteiger partial charge in [0, 0.05) is 25.8 Å². The summed E-state index contributed by atoms with van der Waals surface area (Å²) in [6, 6.07) is 4.05. The van der Waals surface area contributed by atoms with Crippen molar-refractivity contribution in [3.05, 3.63) is 23.8 Å². The molecule has 2 nitrogen and oxygen atoms in total. The van der Waals surface area contributed by atoms with Crippen LogP contribution in [0.15, 0.2) is 18.3 Å². The molecule has 0 saturated carbocycles. The quantitative estimate of drug-likeness (QED) is 0.451. The molecule has 2 rings (SSSR count). The molecule has 0 aliphatic carbocycles. The molecule has 1 radical (unpaired) electrons. The molecule has 0 fully saturated rings. The number of aryl methyl sites for hydroxylation is 1. The Morgan fingerprint density at radius 2 is 2.45 bits per heavy atom. The molecule has 2 aromatic rings. The zero-order valence-electron chi connectivity index (χ0n) is 6.11. The van der Waals surface area contributed by atoms with Gasteiger partial charge < -0.3 is 0 Å². The minimum atomic E-state index is 0. The molecular weight excluding hydrogens is 189 g/mol. The molecule has 0 aliphatic rings. The number of rotatable bonds is 0. The van der Waals surface area contributed by atoms with Crippen molar-refractivity contribution in [3.63, 3.8) is 0 Å². The number of pyridine rings is 1. The molecule has 0 aromatic carbocycles. The third kappa shape index (κ3) is 1.56. The van der Waals surface area contributed by atoms with Gasteiger partial charge in [-0.05, 0) is 10.8 Å². The maximum atomic E-state index is 4.07. The van der Waals surface area contributed by atoms with Crippen molar-refractivity contribution in [3.8, 4) is 0 Å². The van der Waals surface area contributed by atoms with Gasteiger partial charge in [-0.25, -0.2) is 11.3 Å². The molecule has 2 aromatic heterocycles. The molecule has 0 bridgehead atoms. The SMILES string of the molecule is C[n+]1cccc2s[c-]nc21.[Sc]. The van der Waals surface area contributed by atoms with E-state index < -0.39 is 0 Å². The Bertz CT molecular complexity index is 358. The Morgan fingerprint density at radius 3 is 3.18 bits per heavy atom. The second-order valence-corrected chi connectivity index (χ2v) is 2.94. The predicted octanol–water partition coefficient (Wildman–Crippen LogP) is 0.918. The number of hydrogen-bond acceptors (Lipinski definition) is 2. The minimum Gasteiger partial charge on any atom is -0.296 e. The molecule has 53 valence electrons. The number of hydrogen-bond donors (Lipinski definition) is 0. The van der Waals surface area contributed by atoms with Crippen molar-refractivity contribution in [2.24, 2.45) is 7.05 Å². The van der Waals surface area contributed by atoms with E-state index in [0.717, 1.165) is 5.65 Å². The van der Waals surface area contributed by atoms with Crippen molar-refractivity contribution in [2.75, 3.05) is 0 Å². The van der Waals surface area contributed by atoms with Crippen LogP contribution >= 0.6 is 11.3 Å². The Kier molecular flexibility index (Phi) is 2.90. The van der Waals surface area contributed by atoms with Crippen LogP contribution in [0.1, 0.15) is 0 Å². The molecular formula is C7H6N2SSc. The fraction of sp³-hybridized carbons (Fsp3) is 0.143. The van der Waals surface area contributed by atoms with Gasteiger partial charge in [0.2, 0.25) is 0 Å². The van der Waals surface area contributed by atoms with Gasteiger partial charge in [-0.15, -0.1) is 6.07 Å². The smallest absolute Gasteiger partial charge is 0.186 e. The zero-order valence-corrected chi connectivity index (χ0v) is 8.73. The molecule has 0 amide bonds. The van der Waals surface area contributed by atoms with Crippen molar-refractivity contribution in [2.45, 2.75) is 0 Å². The Labute approximate surface area is 87.7 Å². The molecule has 2 heterocycles. The summed E-state index contributed by atoms with van der Waals surface area (Å²) < 4.78 is 3.17. The molecule has 0 aliphatic heterocycles. The average Bonchev–Trinajstić information content (AvgIpc) is 2.36. The first-order valence-corrected chi connectivity index (χ1v) is 3.81. The fourth-order valence-electron chi connectivity index (χ4n) is 0.907. The Balaban J connectivity index is 0.000000605. The summed E-state index contributed by atoms with van der Waals surface area (Å²) in [7, 11) is 1.98. The molecule has 4 heteroatoms. The van der Waals surface area contributed by atoms with E-state index in [-0.39, 0.29) is 25.8 Å². The van der Waals surface area contributed by atoms with Gasteiger partial charge in [0.05, 0.1) is 13.2 Å². The maximum absolute atomic E-state index is 4.07. The predicted molar refractivity (Wildman–Crippen MR) is 39.6 cm³/mol. The van der Waals surface area contributed by atoms with E-state index in [4.69, 9.17) is 0 Å². The Hall–Kier alpha value is -0.0899. The van der Waals surface area contributed by atoms with Crippen LogP contribution in [0, 0.1) is 5.51 Å². The van der Waals surface area contributed by atoms with Crippen molar-refractivity contribution < 1.29 is 30.4 Å². The van der Waals surface area contributed by atoms with Gasteiger partial charge in [-0.2, -0.15) is 4.98 Å². The second kappa shape index (κ2) is 3.54. The molecule has 0 N–H and O–H groups in total. The fourth-order valence-corrected chi connectivity index (χ4v) is 1.57. The van der Waals surface area contributed by atoms with E-state index in [1.54, 1.807) is 11.3 Å². The van der Waals surface area contributed by atoms with Gasteiger partial charge >= 0.3 is 0 Å². The topological polar surface area (TPSA) is 16.8 Å². The van der Waals surface area contributed by atoms with Gasteiger partial charge in [-0.3, -0.25) is 4.57 Å². The van der Waals surface area contributed by atoms with E-state index in [1.165, 1.54) is 4.70 Å². The standard InChI is InChI=1S/C7H6N2S.Sc/c1-9-4-2-3-6-7(9)8-5-10-6;/h2-4H,1H3;. The van der Waals surface area contributed by atoms with E-state index in [2.05, 4.69) is 10.5 Å². The summed E-state index contributed by atoms with van der Waals surface area (Å²) >= 11 is 1.54. The second-order valence-electron chi connectivity index (χ2n) is 2.11. The first-order valence-electron chi connectivity index (χ1n) is 2.99. The number of thiazole rings is 1. The van der Waals surface area contributed by atoms with Crippen molar-refractivity contribution in [1.29, 1.82) is 0 Å². The van der Waals surface area contributed by atoms with E-state index in [9.17, 15) is 0 Å². The van der Waals surface area contributed by atoms with Crippen LogP contribution in [0.5, 0.6) is 0 Å². The van der Waals surface area contributed by atoms with Crippen LogP contribution in [0.4, 0.5) is 0 Å². The third-order valence-electron chi connectivity index (χ3n) is 1.42. The van der Waals surface area contributed by atoms with Crippen LogP contribution in [0.3, 0.4) is 0 Å². The van der Waals surface area contributed by atoms with Crippen LogP contribution in [-0.2, 0) is 32.9 Å². The van der Waals surface area contributed by atoms with Gasteiger partial charge in [-0.1, -0.05) is 0 Å². The summed E-state index contributed by atoms with van der Waals surface area (Å²) in [4.78, 5) is 4.07. The summed E-state index contributed by atoms with van der Waals surface area (Å²) in [5, 5.41) is 0. The van der Waals surface area contributed by atoms with E-state index in [1.807, 2.05) is 29.9 Å². The maximum Gasteiger partial charge on any atom is 0.186 e. The van der Waals surface area contributed by atoms with E-state index in [0.29, 0.717) is 0 Å². The monoisotopic (exact) mass is 195 g/mol. The summed E-state index contributed by atoms with van der Waals surface area (Å²) in [6.07, 6.45) is 1.98. The first kappa shape index (κ1) is 9.00. The van der Waals surface area contributed by atoms with Gasteiger partial charge in [0.1, 0.15) is 5.51 Å². The largest absolute Gasteiger partial charge is 0.296 e. The van der Waals surface area contributed by atoms with Crippen LogP contribution < -0.4 is 4.57 Å². The van der Waals surface area contributed by atoms with Crippen LogP contribution in [0.25, 0.3) is 10.3 Å². The third-order valence-corrected chi connectivity index (χ3v) is 2.14. The van der Waals surface area contributed by atoms with E-state index >= 15 is 0 Å². The van der Waals surface area contributed by atoms with Crippen molar-refractivity contribution >= 4 is 21.7 Å². The zero-order chi connectivity index (χ0) is 6.97. The van der Waals surface area contributed by atoms with Crippen LogP contribution in [0.2, 0.25) is 0 Å². The summed E-state index contributed by atoms with van der Waals surface area (Å²) in [5.74, 6) is 0. The van der Waals surface area contributed by atoms with Crippen molar-refractivity contribution in [1.82, 2.24) is 4.98 Å². The average molecular weight is 195 g/mol. The summed E-state index contributed by atoms with van der Waals surface area (Å²) in [6.45, 7) is 0. The molecule has 0 atom stereocenters. The molecule has 0 spiro atoms. The van der Waals surface area contributed by atoms with Crippen LogP contribution in [-0.4, -0.2) is 4.98 Å². The first-order chi connectivity index (χ1) is 4.88. The van der Waals surface area contributed by atoms with Gasteiger partial charge in [0.15, 0.2) is 5.65 Å². The van der Waals surface area contributed by atoms with Gasteiger partial charge in [0.25, 0.3) is 0 Å². The summed E-state index contributed by atoms with van der Waals surface area (Å²) in [5.41, 5.74) is 3.86. The number of aromatic nitrogens is 2. The number of nitrogens with zero attached hydrogens (tertiary/aromatic N) is 2. The minimum absolute atomic E-state index is 0. The molecule has 11 heavy (non-hydrogen) atoms. The number of fused-ring (bicyclic) bond motifs is 1. The molecule has 0 saturated heterocycles. The normalized spacial score (nSPS) is 9.55. The Morgan fingerprint density at radius 1 is 1.64 bits per heavy atom.